The molecule has 0 aliphatic heterocycles. The van der Waals surface area contributed by atoms with Gasteiger partial charge < -0.3 is 15.1 Å². The van der Waals surface area contributed by atoms with Crippen molar-refractivity contribution in [3.63, 3.8) is 0 Å². The van der Waals surface area contributed by atoms with Crippen LogP contribution in [0, 0.1) is 5.82 Å². The van der Waals surface area contributed by atoms with E-state index in [9.17, 15) is 4.39 Å². The highest BCUT2D eigenvalue weighted by molar-refractivity contribution is 6.31. The minimum absolute atomic E-state index is 0.135. The Labute approximate surface area is 171 Å². The van der Waals surface area contributed by atoms with Gasteiger partial charge in [-0.2, -0.15) is 5.90 Å². The number of aromatic nitrogens is 4. The molecule has 150 valence electrons. The molecule has 1 aliphatic carbocycles. The summed E-state index contributed by atoms with van der Waals surface area (Å²) >= 11 is 6.07. The molecule has 0 unspecified atom stereocenters. The average molecular weight is 415 g/mol. The van der Waals surface area contributed by atoms with E-state index < -0.39 is 11.4 Å². The second kappa shape index (κ2) is 7.46. The van der Waals surface area contributed by atoms with Crippen LogP contribution in [-0.4, -0.2) is 25.5 Å². The summed E-state index contributed by atoms with van der Waals surface area (Å²) in [6, 6.07) is 1.77. The summed E-state index contributed by atoms with van der Waals surface area (Å²) in [5, 5.41) is 4.52. The quantitative estimate of drug-likeness (QED) is 0.312. The first-order chi connectivity index (χ1) is 14.0. The summed E-state index contributed by atoms with van der Waals surface area (Å²) in [5.41, 5.74) is 1.90. The number of halogens is 2. The Balaban J connectivity index is 1.70. The number of allylic oxidation sites excluding steroid dienone is 2. The summed E-state index contributed by atoms with van der Waals surface area (Å²) in [4.78, 5) is 20.7. The number of nitrogens with two attached hydrogens (primary N) is 1. The van der Waals surface area contributed by atoms with Crippen molar-refractivity contribution >= 4 is 28.5 Å². The van der Waals surface area contributed by atoms with Crippen LogP contribution < -0.4 is 11.2 Å². The molecule has 0 aromatic carbocycles. The molecule has 9 heteroatoms. The van der Waals surface area contributed by atoms with E-state index in [1.54, 1.807) is 25.4 Å². The van der Waals surface area contributed by atoms with Crippen LogP contribution in [0.1, 0.15) is 26.7 Å². The molecule has 0 radical (unpaired) electrons. The van der Waals surface area contributed by atoms with Gasteiger partial charge in [0.15, 0.2) is 17.5 Å². The second-order valence-corrected chi connectivity index (χ2v) is 7.40. The van der Waals surface area contributed by atoms with Crippen molar-refractivity contribution in [3.8, 4) is 11.4 Å². The van der Waals surface area contributed by atoms with E-state index in [1.165, 1.54) is 0 Å². The third-order valence-corrected chi connectivity index (χ3v) is 5.21. The molecular formula is C20H20ClFN6O. The molecule has 29 heavy (non-hydrogen) atoms. The Kier molecular flexibility index (Phi) is 4.97. The number of anilines is 1. The van der Waals surface area contributed by atoms with Gasteiger partial charge in [-0.3, -0.25) is 0 Å². The van der Waals surface area contributed by atoms with Crippen LogP contribution in [0.15, 0.2) is 48.1 Å². The highest BCUT2D eigenvalue weighted by Gasteiger charge is 2.46. The van der Waals surface area contributed by atoms with Gasteiger partial charge in [-0.25, -0.2) is 19.3 Å². The molecule has 4 rings (SSSR count). The topological polar surface area (TPSA) is 102 Å². The Bertz CT molecular complexity index is 1140. The van der Waals surface area contributed by atoms with Crippen molar-refractivity contribution < 1.29 is 9.23 Å². The summed E-state index contributed by atoms with van der Waals surface area (Å²) in [6.45, 7) is 3.68. The SMILES string of the molecule is C/C=C(\C=C(/C)ON)C1(Nc2nc(-c3c[nH]c4ncc(Cl)cc34)ncc2F)CC1. The fraction of sp³-hybridized carbons (Fsp3) is 0.250. The van der Waals surface area contributed by atoms with E-state index in [0.29, 0.717) is 27.8 Å². The van der Waals surface area contributed by atoms with Gasteiger partial charge in [0.05, 0.1) is 16.8 Å². The molecule has 3 aromatic rings. The molecule has 4 N–H and O–H groups in total. The largest absolute Gasteiger partial charge is 0.416 e. The fourth-order valence-corrected chi connectivity index (χ4v) is 3.49. The number of hydrogen-bond acceptors (Lipinski definition) is 6. The van der Waals surface area contributed by atoms with Gasteiger partial charge in [0.2, 0.25) is 0 Å². The minimum atomic E-state index is -0.526. The van der Waals surface area contributed by atoms with Crippen molar-refractivity contribution in [1.82, 2.24) is 19.9 Å². The van der Waals surface area contributed by atoms with Crippen LogP contribution in [0.2, 0.25) is 5.02 Å². The van der Waals surface area contributed by atoms with Crippen molar-refractivity contribution in [1.29, 1.82) is 0 Å². The van der Waals surface area contributed by atoms with Crippen LogP contribution in [0.25, 0.3) is 22.4 Å². The van der Waals surface area contributed by atoms with Crippen LogP contribution in [0.4, 0.5) is 10.2 Å². The lowest BCUT2D eigenvalue weighted by Crippen LogP contribution is -2.25. The van der Waals surface area contributed by atoms with Gasteiger partial charge in [-0.05, 0) is 44.4 Å². The molecule has 3 aromatic heterocycles. The fourth-order valence-electron chi connectivity index (χ4n) is 3.34. The summed E-state index contributed by atoms with van der Waals surface area (Å²) in [7, 11) is 0. The van der Waals surface area contributed by atoms with E-state index in [1.807, 2.05) is 19.1 Å². The van der Waals surface area contributed by atoms with Gasteiger partial charge in [-0.15, -0.1) is 0 Å². The molecule has 1 aliphatic rings. The van der Waals surface area contributed by atoms with E-state index in [4.69, 9.17) is 22.3 Å². The van der Waals surface area contributed by atoms with Crippen LogP contribution >= 0.6 is 11.6 Å². The zero-order chi connectivity index (χ0) is 20.6. The van der Waals surface area contributed by atoms with E-state index >= 15 is 0 Å². The van der Waals surface area contributed by atoms with Crippen LogP contribution in [-0.2, 0) is 4.84 Å². The molecule has 0 bridgehead atoms. The molecule has 0 saturated heterocycles. The normalized spacial score (nSPS) is 16.2. The average Bonchev–Trinajstić information content (AvgIpc) is 3.38. The Morgan fingerprint density at radius 1 is 1.38 bits per heavy atom. The highest BCUT2D eigenvalue weighted by Crippen LogP contribution is 2.46. The summed E-state index contributed by atoms with van der Waals surface area (Å²) < 4.78 is 14.5. The highest BCUT2D eigenvalue weighted by atomic mass is 35.5. The lowest BCUT2D eigenvalue weighted by Gasteiger charge is -2.20. The molecular weight excluding hydrogens is 395 g/mol. The number of aromatic amines is 1. The predicted molar refractivity (Wildman–Crippen MR) is 110 cm³/mol. The van der Waals surface area contributed by atoms with Gasteiger partial charge in [0.1, 0.15) is 11.4 Å². The van der Waals surface area contributed by atoms with Crippen molar-refractivity contribution in [2.24, 2.45) is 5.90 Å². The number of fused-ring (bicyclic) bond motifs is 1. The molecule has 0 amide bonds. The Morgan fingerprint density at radius 3 is 2.86 bits per heavy atom. The lowest BCUT2D eigenvalue weighted by atomic mass is 10.0. The Hall–Kier alpha value is -2.97. The number of nitrogens with zero attached hydrogens (tertiary/aromatic N) is 3. The number of H-pyrrole nitrogens is 1. The van der Waals surface area contributed by atoms with E-state index in [2.05, 4.69) is 25.3 Å². The number of hydrogen-bond donors (Lipinski definition) is 3. The number of rotatable bonds is 6. The van der Waals surface area contributed by atoms with Gasteiger partial charge in [0.25, 0.3) is 0 Å². The Morgan fingerprint density at radius 2 is 2.17 bits per heavy atom. The van der Waals surface area contributed by atoms with Gasteiger partial charge >= 0.3 is 0 Å². The third kappa shape index (κ3) is 3.68. The molecule has 0 spiro atoms. The predicted octanol–water partition coefficient (Wildman–Crippen LogP) is 4.50. The zero-order valence-electron chi connectivity index (χ0n) is 16.0. The van der Waals surface area contributed by atoms with E-state index in [0.717, 1.165) is 30.0 Å². The van der Waals surface area contributed by atoms with Crippen molar-refractivity contribution in [2.75, 3.05) is 5.32 Å². The van der Waals surface area contributed by atoms with Gasteiger partial charge in [-0.1, -0.05) is 17.7 Å². The van der Waals surface area contributed by atoms with Crippen molar-refractivity contribution in [3.05, 3.63) is 59.0 Å². The van der Waals surface area contributed by atoms with E-state index in [-0.39, 0.29) is 5.82 Å². The first-order valence-corrected chi connectivity index (χ1v) is 9.49. The molecule has 1 saturated carbocycles. The summed E-state index contributed by atoms with van der Waals surface area (Å²) in [6.07, 6.45) is 9.93. The van der Waals surface area contributed by atoms with Crippen molar-refractivity contribution in [2.45, 2.75) is 32.2 Å². The first kappa shape index (κ1) is 19.4. The monoisotopic (exact) mass is 414 g/mol. The standard InChI is InChI=1S/C20H20ClFN6O/c1-3-12(6-11(2)29-23)20(4-5-20)28-19-16(22)10-26-18(27-19)15-9-25-17-14(15)7-13(21)8-24-17/h3,6-10H,4-5,23H2,1-2H3,(H,24,25)(H,26,27,28)/b11-6+,12-3+. The molecule has 7 nitrogen and oxygen atoms in total. The smallest absolute Gasteiger partial charge is 0.183 e. The van der Waals surface area contributed by atoms with Crippen LogP contribution in [0.3, 0.4) is 0 Å². The maximum atomic E-state index is 14.5. The molecule has 0 atom stereocenters. The summed E-state index contributed by atoms with van der Waals surface area (Å²) in [5.74, 6) is 5.78. The first-order valence-electron chi connectivity index (χ1n) is 9.11. The number of pyridine rings is 1. The minimum Gasteiger partial charge on any atom is -0.416 e. The molecule has 3 heterocycles. The number of nitrogens with one attached hydrogen (secondary N) is 2. The zero-order valence-corrected chi connectivity index (χ0v) is 16.7. The van der Waals surface area contributed by atoms with Gasteiger partial charge in [0, 0.05) is 23.3 Å². The maximum absolute atomic E-state index is 14.5. The third-order valence-electron chi connectivity index (χ3n) is 5.00. The molecule has 1 fully saturated rings. The maximum Gasteiger partial charge on any atom is 0.183 e. The lowest BCUT2D eigenvalue weighted by molar-refractivity contribution is 0.222. The second-order valence-electron chi connectivity index (χ2n) is 6.97. The van der Waals surface area contributed by atoms with Crippen LogP contribution in [0.5, 0.6) is 0 Å².